The third-order valence-corrected chi connectivity index (χ3v) is 5.63. The fourth-order valence-electron chi connectivity index (χ4n) is 3.55. The van der Waals surface area contributed by atoms with Gasteiger partial charge in [-0.05, 0) is 17.9 Å². The Morgan fingerprint density at radius 3 is 2.81 bits per heavy atom. The topological polar surface area (TPSA) is 60.9 Å². The van der Waals surface area contributed by atoms with Gasteiger partial charge in [0.05, 0.1) is 12.2 Å². The molecule has 2 saturated heterocycles. The molecule has 5 nitrogen and oxygen atoms in total. The molecule has 0 bridgehead atoms. The van der Waals surface area contributed by atoms with Crippen molar-refractivity contribution in [2.45, 2.75) is 13.3 Å². The summed E-state index contributed by atoms with van der Waals surface area (Å²) in [6.07, 6.45) is 0.765. The quantitative estimate of drug-likeness (QED) is 0.888. The number of aliphatic hydroxyl groups excluding tert-OH is 1. The van der Waals surface area contributed by atoms with Crippen LogP contribution in [-0.4, -0.2) is 59.5 Å². The second-order valence-corrected chi connectivity index (χ2v) is 6.91. The third kappa shape index (κ3) is 2.46. The van der Waals surface area contributed by atoms with E-state index in [1.54, 1.807) is 6.92 Å². The van der Waals surface area contributed by atoms with Gasteiger partial charge in [0.15, 0.2) is 0 Å². The Bertz CT molecular complexity index is 545. The fraction of sp³-hybridized carbons (Fsp3) is 0.600. The number of amides is 2. The standard InChI is InChI=1S/C15H20N2O3S/c1-11(19)16-4-3-15(10-18)9-17(7-13(15)6-16)14(20)12-2-5-21-8-12/h2,5,8,13,18H,3-4,6-7,9-10H2,1H3/t13-,15+/m0/s1. The molecule has 6 heteroatoms. The molecular formula is C15H20N2O3S. The lowest BCUT2D eigenvalue weighted by Crippen LogP contribution is -2.50. The van der Waals surface area contributed by atoms with Crippen LogP contribution in [0, 0.1) is 11.3 Å². The van der Waals surface area contributed by atoms with E-state index in [1.807, 2.05) is 26.6 Å². The molecule has 0 radical (unpaired) electrons. The van der Waals surface area contributed by atoms with Gasteiger partial charge in [0.25, 0.3) is 5.91 Å². The van der Waals surface area contributed by atoms with E-state index in [0.717, 1.165) is 12.0 Å². The number of carbonyl (C=O) groups is 2. The van der Waals surface area contributed by atoms with Crippen LogP contribution in [0.5, 0.6) is 0 Å². The first-order valence-corrected chi connectivity index (χ1v) is 8.18. The highest BCUT2D eigenvalue weighted by Crippen LogP contribution is 2.42. The number of nitrogens with zero attached hydrogens (tertiary/aromatic N) is 2. The minimum Gasteiger partial charge on any atom is -0.396 e. The lowest BCUT2D eigenvalue weighted by Gasteiger charge is -2.41. The lowest BCUT2D eigenvalue weighted by atomic mass is 9.73. The van der Waals surface area contributed by atoms with Gasteiger partial charge in [-0.1, -0.05) is 0 Å². The molecule has 1 N–H and O–H groups in total. The SMILES string of the molecule is CC(=O)N1CC[C@]2(CO)CN(C(=O)c3ccsc3)C[C@@H]2C1. The molecule has 21 heavy (non-hydrogen) atoms. The van der Waals surface area contributed by atoms with Crippen LogP contribution in [0.15, 0.2) is 16.8 Å². The van der Waals surface area contributed by atoms with Gasteiger partial charge in [0.1, 0.15) is 0 Å². The Hall–Kier alpha value is -1.40. The number of carbonyl (C=O) groups excluding carboxylic acids is 2. The summed E-state index contributed by atoms with van der Waals surface area (Å²) in [7, 11) is 0. The monoisotopic (exact) mass is 308 g/mol. The van der Waals surface area contributed by atoms with Gasteiger partial charge in [-0.2, -0.15) is 11.3 Å². The number of fused-ring (bicyclic) bond motifs is 1. The Morgan fingerprint density at radius 1 is 1.43 bits per heavy atom. The molecule has 3 rings (SSSR count). The van der Waals surface area contributed by atoms with Crippen molar-refractivity contribution in [2.24, 2.45) is 11.3 Å². The highest BCUT2D eigenvalue weighted by Gasteiger charge is 2.50. The first-order chi connectivity index (χ1) is 10.1. The van der Waals surface area contributed by atoms with E-state index in [4.69, 9.17) is 0 Å². The van der Waals surface area contributed by atoms with Crippen molar-refractivity contribution < 1.29 is 14.7 Å². The summed E-state index contributed by atoms with van der Waals surface area (Å²) in [5.74, 6) is 0.278. The van der Waals surface area contributed by atoms with Crippen molar-refractivity contribution in [1.29, 1.82) is 0 Å². The van der Waals surface area contributed by atoms with Gasteiger partial charge in [-0.25, -0.2) is 0 Å². The summed E-state index contributed by atoms with van der Waals surface area (Å²) >= 11 is 1.51. The van der Waals surface area contributed by atoms with Crippen molar-refractivity contribution in [3.8, 4) is 0 Å². The predicted molar refractivity (Wildman–Crippen MR) is 80.1 cm³/mol. The summed E-state index contributed by atoms with van der Waals surface area (Å²) < 4.78 is 0. The molecule has 114 valence electrons. The molecule has 2 aliphatic heterocycles. The molecule has 0 aliphatic carbocycles. The summed E-state index contributed by atoms with van der Waals surface area (Å²) in [6, 6.07) is 1.84. The van der Waals surface area contributed by atoms with E-state index in [0.29, 0.717) is 26.2 Å². The van der Waals surface area contributed by atoms with E-state index >= 15 is 0 Å². The normalized spacial score (nSPS) is 28.6. The predicted octanol–water partition coefficient (Wildman–Crippen LogP) is 1.05. The maximum absolute atomic E-state index is 12.5. The second kappa shape index (κ2) is 5.42. The molecule has 1 aromatic heterocycles. The smallest absolute Gasteiger partial charge is 0.254 e. The molecule has 2 fully saturated rings. The van der Waals surface area contributed by atoms with E-state index in [9.17, 15) is 14.7 Å². The number of thiophene rings is 1. The van der Waals surface area contributed by atoms with Crippen molar-refractivity contribution in [3.63, 3.8) is 0 Å². The van der Waals surface area contributed by atoms with Crippen molar-refractivity contribution in [2.75, 3.05) is 32.8 Å². The van der Waals surface area contributed by atoms with Gasteiger partial charge in [0, 0.05) is 49.8 Å². The zero-order valence-corrected chi connectivity index (χ0v) is 12.9. The highest BCUT2D eigenvalue weighted by atomic mass is 32.1. The molecule has 1 aromatic rings. The summed E-state index contributed by atoms with van der Waals surface area (Å²) in [5, 5.41) is 13.6. The lowest BCUT2D eigenvalue weighted by molar-refractivity contribution is -0.133. The molecule has 2 aliphatic rings. The highest BCUT2D eigenvalue weighted by molar-refractivity contribution is 7.08. The molecule has 0 spiro atoms. The molecule has 0 saturated carbocycles. The Labute approximate surface area is 128 Å². The van der Waals surface area contributed by atoms with Crippen molar-refractivity contribution in [3.05, 3.63) is 22.4 Å². The molecule has 0 aromatic carbocycles. The van der Waals surface area contributed by atoms with Crippen LogP contribution in [0.25, 0.3) is 0 Å². The summed E-state index contributed by atoms with van der Waals surface area (Å²) in [5.41, 5.74) is 0.479. The number of piperidine rings is 1. The summed E-state index contributed by atoms with van der Waals surface area (Å²) in [6.45, 7) is 4.19. The van der Waals surface area contributed by atoms with Crippen LogP contribution in [-0.2, 0) is 4.79 Å². The Morgan fingerprint density at radius 2 is 2.19 bits per heavy atom. The van der Waals surface area contributed by atoms with Gasteiger partial charge >= 0.3 is 0 Å². The first-order valence-electron chi connectivity index (χ1n) is 7.23. The van der Waals surface area contributed by atoms with E-state index < -0.39 is 0 Å². The van der Waals surface area contributed by atoms with E-state index in [1.165, 1.54) is 11.3 Å². The zero-order valence-electron chi connectivity index (χ0n) is 12.1. The Balaban J connectivity index is 1.78. The average molecular weight is 308 g/mol. The van der Waals surface area contributed by atoms with Crippen LogP contribution in [0.4, 0.5) is 0 Å². The van der Waals surface area contributed by atoms with Gasteiger partial charge < -0.3 is 14.9 Å². The number of hydrogen-bond donors (Lipinski definition) is 1. The zero-order chi connectivity index (χ0) is 15.0. The van der Waals surface area contributed by atoms with Crippen molar-refractivity contribution >= 4 is 23.2 Å². The van der Waals surface area contributed by atoms with Gasteiger partial charge in [0.2, 0.25) is 5.91 Å². The average Bonchev–Trinajstić information content (AvgIpc) is 3.13. The first kappa shape index (κ1) is 14.5. The van der Waals surface area contributed by atoms with Gasteiger partial charge in [-0.3, -0.25) is 9.59 Å². The van der Waals surface area contributed by atoms with Crippen LogP contribution in [0.2, 0.25) is 0 Å². The van der Waals surface area contributed by atoms with Gasteiger partial charge in [-0.15, -0.1) is 0 Å². The summed E-state index contributed by atoms with van der Waals surface area (Å²) in [4.78, 5) is 27.7. The van der Waals surface area contributed by atoms with E-state index in [2.05, 4.69) is 0 Å². The molecule has 2 amide bonds. The maximum Gasteiger partial charge on any atom is 0.254 e. The third-order valence-electron chi connectivity index (χ3n) is 4.95. The fourth-order valence-corrected chi connectivity index (χ4v) is 4.18. The minimum absolute atomic E-state index is 0.0350. The van der Waals surface area contributed by atoms with E-state index in [-0.39, 0.29) is 29.8 Å². The molecule has 2 atom stereocenters. The Kier molecular flexibility index (Phi) is 3.75. The van der Waals surface area contributed by atoms with Crippen LogP contribution < -0.4 is 0 Å². The molecule has 3 heterocycles. The number of likely N-dealkylation sites (tertiary alicyclic amines) is 2. The number of hydrogen-bond acceptors (Lipinski definition) is 4. The second-order valence-electron chi connectivity index (χ2n) is 6.13. The number of aliphatic hydroxyl groups is 1. The van der Waals surface area contributed by atoms with Crippen LogP contribution in [0.3, 0.4) is 0 Å². The molecular weight excluding hydrogens is 288 g/mol. The molecule has 0 unspecified atom stereocenters. The largest absolute Gasteiger partial charge is 0.396 e. The maximum atomic E-state index is 12.5. The van der Waals surface area contributed by atoms with Crippen molar-refractivity contribution in [1.82, 2.24) is 9.80 Å². The minimum atomic E-state index is -0.238. The van der Waals surface area contributed by atoms with Crippen LogP contribution in [0.1, 0.15) is 23.7 Å². The number of rotatable bonds is 2. The van der Waals surface area contributed by atoms with Crippen LogP contribution >= 0.6 is 11.3 Å².